The van der Waals surface area contributed by atoms with Gasteiger partial charge in [0.05, 0.1) is 7.11 Å². The van der Waals surface area contributed by atoms with Crippen molar-refractivity contribution in [3.63, 3.8) is 0 Å². The van der Waals surface area contributed by atoms with Crippen LogP contribution in [-0.4, -0.2) is 36.2 Å². The molecule has 0 saturated heterocycles. The van der Waals surface area contributed by atoms with Crippen molar-refractivity contribution in [2.24, 2.45) is 0 Å². The maximum absolute atomic E-state index is 12.8. The molecular weight excluding hydrogens is 301 g/mol. The highest BCUT2D eigenvalue weighted by Gasteiger charge is 2.48. The summed E-state index contributed by atoms with van der Waals surface area (Å²) >= 11 is 0. The topological polar surface area (TPSA) is 58.6 Å². The molecule has 1 N–H and O–H groups in total. The Morgan fingerprint density at radius 3 is 2.50 bits per heavy atom. The van der Waals surface area contributed by atoms with Crippen molar-refractivity contribution in [1.29, 1.82) is 0 Å². The monoisotopic (exact) mass is 314 g/mol. The number of hydroxylamine groups is 2. The number of rotatable bonds is 3. The van der Waals surface area contributed by atoms with Crippen LogP contribution in [0.5, 0.6) is 0 Å². The average molecular weight is 314 g/mol. The molecule has 1 heterocycles. The summed E-state index contributed by atoms with van der Waals surface area (Å²) in [6, 6.07) is 5.95. The van der Waals surface area contributed by atoms with Gasteiger partial charge in [0.2, 0.25) is 0 Å². The Morgan fingerprint density at radius 2 is 1.95 bits per heavy atom. The molecule has 0 radical (unpaired) electrons. The van der Waals surface area contributed by atoms with E-state index in [1.165, 1.54) is 12.1 Å². The first-order valence-corrected chi connectivity index (χ1v) is 6.35. The van der Waals surface area contributed by atoms with Crippen LogP contribution in [0.1, 0.15) is 16.8 Å². The van der Waals surface area contributed by atoms with Gasteiger partial charge in [-0.2, -0.15) is 13.2 Å². The fourth-order valence-corrected chi connectivity index (χ4v) is 2.04. The van der Waals surface area contributed by atoms with Gasteiger partial charge in [0.15, 0.2) is 6.04 Å². The fraction of sp³-hybridized carbons (Fsp3) is 0.286. The molecule has 1 aliphatic heterocycles. The van der Waals surface area contributed by atoms with Crippen molar-refractivity contribution in [2.45, 2.75) is 18.6 Å². The molecule has 2 amide bonds. The first-order valence-electron chi connectivity index (χ1n) is 6.35. The summed E-state index contributed by atoms with van der Waals surface area (Å²) < 4.78 is 38.4. The molecule has 1 unspecified atom stereocenters. The Hall–Kier alpha value is -2.35. The zero-order chi connectivity index (χ0) is 16.3. The summed E-state index contributed by atoms with van der Waals surface area (Å²) in [6.07, 6.45) is -4.05. The second kappa shape index (κ2) is 6.18. The smallest absolute Gasteiger partial charge is 0.318 e. The first kappa shape index (κ1) is 16.0. The largest absolute Gasteiger partial charge is 0.411 e. The van der Waals surface area contributed by atoms with Crippen LogP contribution in [0.2, 0.25) is 0 Å². The second-order valence-corrected chi connectivity index (χ2v) is 4.54. The molecule has 5 nitrogen and oxygen atoms in total. The molecule has 0 aromatic heterocycles. The average Bonchev–Trinajstić information content (AvgIpc) is 2.48. The third kappa shape index (κ3) is 3.28. The Bertz CT molecular complexity index is 599. The maximum Gasteiger partial charge on any atom is 0.411 e. The van der Waals surface area contributed by atoms with Gasteiger partial charge < -0.3 is 5.32 Å². The van der Waals surface area contributed by atoms with E-state index in [1.807, 2.05) is 0 Å². The highest BCUT2D eigenvalue weighted by Crippen LogP contribution is 2.31. The number of carbonyl (C=O) groups is 2. The van der Waals surface area contributed by atoms with Gasteiger partial charge in [-0.15, -0.1) is 0 Å². The lowest BCUT2D eigenvalue weighted by molar-refractivity contribution is -0.256. The number of hydrogen-bond acceptors (Lipinski definition) is 3. The van der Waals surface area contributed by atoms with E-state index in [4.69, 9.17) is 0 Å². The Labute approximate surface area is 124 Å². The van der Waals surface area contributed by atoms with Gasteiger partial charge in [0.25, 0.3) is 11.8 Å². The number of benzene rings is 1. The number of alkyl halides is 3. The van der Waals surface area contributed by atoms with E-state index < -0.39 is 30.5 Å². The molecule has 1 atom stereocenters. The highest BCUT2D eigenvalue weighted by molar-refractivity contribution is 6.02. The minimum absolute atomic E-state index is 0.223. The summed E-state index contributed by atoms with van der Waals surface area (Å²) in [6.45, 7) is 0. The second-order valence-electron chi connectivity index (χ2n) is 4.54. The molecule has 1 aromatic carbocycles. The quantitative estimate of drug-likeness (QED) is 0.928. The van der Waals surface area contributed by atoms with Crippen LogP contribution in [-0.2, 0) is 9.63 Å². The number of nitrogens with one attached hydrogen (secondary N) is 1. The van der Waals surface area contributed by atoms with E-state index in [0.29, 0.717) is 0 Å². The molecule has 22 heavy (non-hydrogen) atoms. The van der Waals surface area contributed by atoms with Crippen molar-refractivity contribution < 1.29 is 27.6 Å². The number of halogens is 3. The van der Waals surface area contributed by atoms with Gasteiger partial charge >= 0.3 is 6.18 Å². The molecule has 118 valence electrons. The molecule has 8 heteroatoms. The molecule has 0 aliphatic carbocycles. The standard InChI is InChI=1S/C14H13F3N2O3/c1-22-19-11(14(15,16)17)8-7-10(13(19)21)18-12(20)9-5-3-2-4-6-9/h2-7,11H,8H2,1H3,(H,18,20). The van der Waals surface area contributed by atoms with Gasteiger partial charge in [0.1, 0.15) is 5.70 Å². The molecular formula is C14H13F3N2O3. The van der Waals surface area contributed by atoms with Crippen LogP contribution >= 0.6 is 0 Å². The fourth-order valence-electron chi connectivity index (χ4n) is 2.04. The Kier molecular flexibility index (Phi) is 4.51. The Balaban J connectivity index is 2.17. The van der Waals surface area contributed by atoms with Crippen LogP contribution in [0.4, 0.5) is 13.2 Å². The number of hydrogen-bond donors (Lipinski definition) is 1. The SMILES string of the molecule is CON1C(=O)C(NC(=O)c2ccccc2)=CCC1C(F)(F)F. The molecule has 1 aliphatic rings. The summed E-state index contributed by atoms with van der Waals surface area (Å²) in [5.74, 6) is -1.62. The highest BCUT2D eigenvalue weighted by atomic mass is 19.4. The summed E-state index contributed by atoms with van der Waals surface area (Å²) in [7, 11) is 0.971. The zero-order valence-electron chi connectivity index (χ0n) is 11.6. The van der Waals surface area contributed by atoms with Crippen molar-refractivity contribution in [2.75, 3.05) is 7.11 Å². The predicted octanol–water partition coefficient (Wildman–Crippen LogP) is 2.02. The van der Waals surface area contributed by atoms with Gasteiger partial charge in [-0.25, -0.2) is 5.06 Å². The van der Waals surface area contributed by atoms with Gasteiger partial charge in [0, 0.05) is 5.56 Å². The van der Waals surface area contributed by atoms with Crippen molar-refractivity contribution in [1.82, 2.24) is 10.4 Å². The summed E-state index contributed by atoms with van der Waals surface area (Å²) in [5, 5.41) is 2.53. The van der Waals surface area contributed by atoms with Crippen molar-refractivity contribution >= 4 is 11.8 Å². The number of carbonyl (C=O) groups excluding carboxylic acids is 2. The lowest BCUT2D eigenvalue weighted by Gasteiger charge is -2.33. The molecule has 0 saturated carbocycles. The predicted molar refractivity (Wildman–Crippen MR) is 70.3 cm³/mol. The minimum Gasteiger partial charge on any atom is -0.318 e. The summed E-state index contributed by atoms with van der Waals surface area (Å²) in [4.78, 5) is 28.5. The van der Waals surface area contributed by atoms with Crippen LogP contribution in [0.3, 0.4) is 0 Å². The van der Waals surface area contributed by atoms with E-state index in [0.717, 1.165) is 13.2 Å². The van der Waals surface area contributed by atoms with Gasteiger partial charge in [-0.3, -0.25) is 14.4 Å². The molecule has 2 rings (SSSR count). The zero-order valence-corrected chi connectivity index (χ0v) is 11.6. The van der Waals surface area contributed by atoms with E-state index in [1.54, 1.807) is 18.2 Å². The van der Waals surface area contributed by atoms with Gasteiger partial charge in [-0.1, -0.05) is 24.3 Å². The number of amides is 2. The first-order chi connectivity index (χ1) is 10.3. The van der Waals surface area contributed by atoms with Crippen molar-refractivity contribution in [3.8, 4) is 0 Å². The molecule has 0 bridgehead atoms. The van der Waals surface area contributed by atoms with Gasteiger partial charge in [-0.05, 0) is 18.6 Å². The molecule has 1 aromatic rings. The normalized spacial score (nSPS) is 18.9. The van der Waals surface area contributed by atoms with Crippen LogP contribution in [0, 0.1) is 0 Å². The Morgan fingerprint density at radius 1 is 1.32 bits per heavy atom. The summed E-state index contributed by atoms with van der Waals surface area (Å²) in [5.41, 5.74) is 0.0503. The van der Waals surface area contributed by atoms with E-state index >= 15 is 0 Å². The van der Waals surface area contributed by atoms with Crippen LogP contribution in [0.25, 0.3) is 0 Å². The van der Waals surface area contributed by atoms with Crippen molar-refractivity contribution in [3.05, 3.63) is 47.7 Å². The molecule has 0 fully saturated rings. The minimum atomic E-state index is -4.61. The number of nitrogens with zero attached hydrogens (tertiary/aromatic N) is 1. The molecule has 0 spiro atoms. The van der Waals surface area contributed by atoms with E-state index in [2.05, 4.69) is 10.2 Å². The lowest BCUT2D eigenvalue weighted by atomic mass is 10.1. The van der Waals surface area contributed by atoms with Crippen LogP contribution in [0.15, 0.2) is 42.1 Å². The van der Waals surface area contributed by atoms with E-state index in [9.17, 15) is 22.8 Å². The van der Waals surface area contributed by atoms with Crippen LogP contribution < -0.4 is 5.32 Å². The lowest BCUT2D eigenvalue weighted by Crippen LogP contribution is -2.52. The third-order valence-electron chi connectivity index (χ3n) is 3.12. The van der Waals surface area contributed by atoms with E-state index in [-0.39, 0.29) is 16.3 Å². The maximum atomic E-state index is 12.8. The third-order valence-corrected chi connectivity index (χ3v) is 3.12.